The topological polar surface area (TPSA) is 67.6 Å². The van der Waals surface area contributed by atoms with E-state index in [1.165, 1.54) is 24.5 Å². The highest BCUT2D eigenvalue weighted by Gasteiger charge is 2.29. The van der Waals surface area contributed by atoms with Gasteiger partial charge in [0.2, 0.25) is 0 Å². The molecule has 0 spiro atoms. The molecule has 1 atom stereocenters. The molecule has 2 aliphatic rings. The van der Waals surface area contributed by atoms with Crippen molar-refractivity contribution in [2.24, 2.45) is 11.8 Å². The van der Waals surface area contributed by atoms with E-state index in [0.29, 0.717) is 34.9 Å². The van der Waals surface area contributed by atoms with Crippen LogP contribution in [0.3, 0.4) is 0 Å². The monoisotopic (exact) mass is 541 g/mol. The normalized spacial score (nSPS) is 17.8. The smallest absolute Gasteiger partial charge is 0.261 e. The Morgan fingerprint density at radius 3 is 2.52 bits per heavy atom. The van der Waals surface area contributed by atoms with Crippen LogP contribution in [0.5, 0.6) is 5.75 Å². The first-order valence-electron chi connectivity index (χ1n) is 14.4. The predicted molar refractivity (Wildman–Crippen MR) is 156 cm³/mol. The van der Waals surface area contributed by atoms with Crippen molar-refractivity contribution in [3.63, 3.8) is 0 Å². The molecule has 6 rings (SSSR count). The van der Waals surface area contributed by atoms with Crippen LogP contribution in [0.15, 0.2) is 65.5 Å². The van der Waals surface area contributed by atoms with Crippen molar-refractivity contribution in [3.8, 4) is 28.3 Å². The van der Waals surface area contributed by atoms with E-state index >= 15 is 4.39 Å². The number of hydrogen-bond donors (Lipinski definition) is 1. The van der Waals surface area contributed by atoms with Gasteiger partial charge in [-0.15, -0.1) is 0 Å². The number of likely N-dealkylation sites (tertiary alicyclic amines) is 1. The minimum atomic E-state index is -0.509. The van der Waals surface area contributed by atoms with Crippen LogP contribution >= 0.6 is 0 Å². The number of aliphatic hydroxyl groups is 1. The maximum absolute atomic E-state index is 15.5. The molecule has 7 heteroatoms. The Kier molecular flexibility index (Phi) is 7.67. The second kappa shape index (κ2) is 11.5. The van der Waals surface area contributed by atoms with Crippen molar-refractivity contribution < 1.29 is 14.2 Å². The number of aryl methyl sites for hydroxylation is 1. The van der Waals surface area contributed by atoms with Crippen molar-refractivity contribution in [1.82, 2.24) is 14.5 Å². The van der Waals surface area contributed by atoms with Crippen LogP contribution in [0, 0.1) is 24.6 Å². The zero-order chi connectivity index (χ0) is 27.6. The Bertz CT molecular complexity index is 1560. The number of nitrogens with zero attached hydrogens (tertiary/aromatic N) is 3. The van der Waals surface area contributed by atoms with Crippen LogP contribution in [0.4, 0.5) is 4.39 Å². The van der Waals surface area contributed by atoms with Crippen molar-refractivity contribution in [2.75, 3.05) is 32.8 Å². The molecule has 0 bridgehead atoms. The van der Waals surface area contributed by atoms with E-state index in [2.05, 4.69) is 36.1 Å². The van der Waals surface area contributed by atoms with Crippen molar-refractivity contribution in [3.05, 3.63) is 82.4 Å². The van der Waals surface area contributed by atoms with Gasteiger partial charge >= 0.3 is 0 Å². The molecule has 3 aromatic carbocycles. The molecular weight excluding hydrogens is 505 g/mol. The standard InChI is InChI=1S/C33H36FN3O3/c1-22-4-8-25(9-5-22)26-10-13-31-29(17-26)33(39)37(21-24-3-2-14-36(20-24)19-23-6-7-23)32(35-31)28-12-11-27(18-30(28)34)40-16-15-38/h4-5,8-13,17-18,23-24,38H,2-3,6-7,14-16,19-21H2,1H3. The fraction of sp³-hybridized carbons (Fsp3) is 0.394. The number of rotatable bonds is 9. The summed E-state index contributed by atoms with van der Waals surface area (Å²) in [5.41, 5.74) is 3.84. The second-order valence-electron chi connectivity index (χ2n) is 11.4. The van der Waals surface area contributed by atoms with Crippen LogP contribution in [-0.2, 0) is 6.54 Å². The Hall–Kier alpha value is -3.55. The Labute approximate surface area is 234 Å². The third kappa shape index (κ3) is 5.81. The fourth-order valence-electron chi connectivity index (χ4n) is 5.84. The number of fused-ring (bicyclic) bond motifs is 1. The summed E-state index contributed by atoms with van der Waals surface area (Å²) in [5, 5.41) is 9.59. The van der Waals surface area contributed by atoms with Gasteiger partial charge in [-0.2, -0.15) is 0 Å². The number of piperidine rings is 1. The first-order valence-corrected chi connectivity index (χ1v) is 14.4. The van der Waals surface area contributed by atoms with E-state index in [9.17, 15) is 4.79 Å². The fourth-order valence-corrected chi connectivity index (χ4v) is 5.84. The van der Waals surface area contributed by atoms with Crippen LogP contribution in [0.1, 0.15) is 31.2 Å². The quantitative estimate of drug-likeness (QED) is 0.296. The molecule has 208 valence electrons. The number of halogens is 1. The lowest BCUT2D eigenvalue weighted by Gasteiger charge is -2.33. The summed E-state index contributed by atoms with van der Waals surface area (Å²) >= 11 is 0. The molecule has 40 heavy (non-hydrogen) atoms. The van der Waals surface area contributed by atoms with Gasteiger partial charge in [0, 0.05) is 25.7 Å². The Balaban J connectivity index is 1.42. The average Bonchev–Trinajstić information content (AvgIpc) is 3.78. The van der Waals surface area contributed by atoms with Crippen molar-refractivity contribution in [2.45, 2.75) is 39.2 Å². The zero-order valence-electron chi connectivity index (χ0n) is 23.0. The van der Waals surface area contributed by atoms with E-state index in [-0.39, 0.29) is 24.3 Å². The summed E-state index contributed by atoms with van der Waals surface area (Å²) in [6.07, 6.45) is 4.77. The highest BCUT2D eigenvalue weighted by Crippen LogP contribution is 2.32. The van der Waals surface area contributed by atoms with Crippen LogP contribution in [0.25, 0.3) is 33.4 Å². The largest absolute Gasteiger partial charge is 0.491 e. The second-order valence-corrected chi connectivity index (χ2v) is 11.4. The summed E-state index contributed by atoms with van der Waals surface area (Å²) in [6, 6.07) is 18.6. The van der Waals surface area contributed by atoms with Gasteiger partial charge < -0.3 is 14.7 Å². The van der Waals surface area contributed by atoms with Gasteiger partial charge in [-0.1, -0.05) is 35.9 Å². The van der Waals surface area contributed by atoms with Gasteiger partial charge in [0.1, 0.15) is 24.0 Å². The minimum Gasteiger partial charge on any atom is -0.491 e. The third-order valence-electron chi connectivity index (χ3n) is 8.14. The summed E-state index contributed by atoms with van der Waals surface area (Å²) in [5.74, 6) is 1.27. The lowest BCUT2D eigenvalue weighted by atomic mass is 9.97. The molecule has 0 radical (unpaired) electrons. The van der Waals surface area contributed by atoms with Gasteiger partial charge in [0.25, 0.3) is 5.56 Å². The molecule has 1 aliphatic heterocycles. The van der Waals surface area contributed by atoms with E-state index in [1.807, 2.05) is 18.2 Å². The molecule has 1 N–H and O–H groups in total. The molecule has 1 aliphatic carbocycles. The number of benzene rings is 3. The molecule has 6 nitrogen and oxygen atoms in total. The van der Waals surface area contributed by atoms with Gasteiger partial charge in [-0.05, 0) is 86.4 Å². The first-order chi connectivity index (χ1) is 19.5. The van der Waals surface area contributed by atoms with Crippen LogP contribution in [-0.4, -0.2) is 52.4 Å². The molecule has 2 fully saturated rings. The molecule has 1 saturated carbocycles. The van der Waals surface area contributed by atoms with Crippen molar-refractivity contribution in [1.29, 1.82) is 0 Å². The number of ether oxygens (including phenoxy) is 1. The summed E-state index contributed by atoms with van der Waals surface area (Å²) in [6.45, 7) is 5.66. The number of aromatic nitrogens is 2. The van der Waals surface area contributed by atoms with Crippen LogP contribution in [0.2, 0.25) is 0 Å². The Morgan fingerprint density at radius 2 is 1.77 bits per heavy atom. The third-order valence-corrected chi connectivity index (χ3v) is 8.14. The number of aliphatic hydroxyl groups excluding tert-OH is 1. The van der Waals surface area contributed by atoms with E-state index in [1.54, 1.807) is 16.7 Å². The van der Waals surface area contributed by atoms with E-state index in [4.69, 9.17) is 14.8 Å². The lowest BCUT2D eigenvalue weighted by molar-refractivity contribution is 0.156. The SMILES string of the molecule is Cc1ccc(-c2ccc3nc(-c4ccc(OCCO)cc4F)n(CC4CCCN(CC5CC5)C4)c(=O)c3c2)cc1. The van der Waals surface area contributed by atoms with Gasteiger partial charge in [0.05, 0.1) is 23.1 Å². The minimum absolute atomic E-state index is 0.0834. The Morgan fingerprint density at radius 1 is 0.975 bits per heavy atom. The maximum atomic E-state index is 15.5. The van der Waals surface area contributed by atoms with Gasteiger partial charge in [0.15, 0.2) is 0 Å². The van der Waals surface area contributed by atoms with Crippen LogP contribution < -0.4 is 10.3 Å². The zero-order valence-corrected chi connectivity index (χ0v) is 23.0. The molecule has 1 unspecified atom stereocenters. The summed E-state index contributed by atoms with van der Waals surface area (Å²) in [4.78, 5) is 21.6. The number of hydrogen-bond acceptors (Lipinski definition) is 5. The molecule has 4 aromatic rings. The molecule has 2 heterocycles. The first kappa shape index (κ1) is 26.7. The lowest BCUT2D eigenvalue weighted by Crippen LogP contribution is -2.39. The van der Waals surface area contributed by atoms with Crippen molar-refractivity contribution >= 4 is 10.9 Å². The average molecular weight is 542 g/mol. The van der Waals surface area contributed by atoms with Gasteiger partial charge in [-0.3, -0.25) is 9.36 Å². The molecule has 0 amide bonds. The highest BCUT2D eigenvalue weighted by molar-refractivity contribution is 5.85. The molecule has 1 aromatic heterocycles. The molecule has 1 saturated heterocycles. The van der Waals surface area contributed by atoms with Gasteiger partial charge in [-0.25, -0.2) is 9.37 Å². The predicted octanol–water partition coefficient (Wildman–Crippen LogP) is 5.67. The van der Waals surface area contributed by atoms with E-state index < -0.39 is 5.82 Å². The maximum Gasteiger partial charge on any atom is 0.261 e. The van der Waals surface area contributed by atoms with E-state index in [0.717, 1.165) is 49.5 Å². The summed E-state index contributed by atoms with van der Waals surface area (Å²) in [7, 11) is 0. The molecular formula is C33H36FN3O3. The summed E-state index contributed by atoms with van der Waals surface area (Å²) < 4.78 is 22.6. The highest BCUT2D eigenvalue weighted by atomic mass is 19.1.